The molecule has 6 heteroatoms. The van der Waals surface area contributed by atoms with Gasteiger partial charge in [0.2, 0.25) is 0 Å². The van der Waals surface area contributed by atoms with Gasteiger partial charge in [0.15, 0.2) is 0 Å². The molecule has 4 nitrogen and oxygen atoms in total. The van der Waals surface area contributed by atoms with Crippen LogP contribution in [0.3, 0.4) is 0 Å². The van der Waals surface area contributed by atoms with Crippen molar-refractivity contribution in [2.24, 2.45) is 0 Å². The first-order chi connectivity index (χ1) is 15.2. The molecule has 31 heavy (non-hydrogen) atoms. The zero-order valence-corrected chi connectivity index (χ0v) is 20.5. The van der Waals surface area contributed by atoms with Crippen LogP contribution in [0, 0.1) is 0 Å². The van der Waals surface area contributed by atoms with Crippen LogP contribution in [-0.2, 0) is 13.8 Å². The highest BCUT2D eigenvalue weighted by Crippen LogP contribution is 2.58. The summed E-state index contributed by atoms with van der Waals surface area (Å²) < 4.78 is 21.8. The number of nitrogens with zero attached hydrogens (tertiary/aromatic N) is 1. The van der Waals surface area contributed by atoms with Gasteiger partial charge in [0.25, 0.3) is 8.53 Å². The van der Waals surface area contributed by atoms with Gasteiger partial charge < -0.3 is 13.8 Å². The van der Waals surface area contributed by atoms with Crippen LogP contribution in [0.25, 0.3) is 0 Å². The molecule has 3 saturated heterocycles. The van der Waals surface area contributed by atoms with Crippen LogP contribution in [-0.4, -0.2) is 50.2 Å². The van der Waals surface area contributed by atoms with Crippen LogP contribution in [0.15, 0.2) is 60.7 Å². The van der Waals surface area contributed by atoms with Gasteiger partial charge in [-0.3, -0.25) is 0 Å². The molecule has 5 atom stereocenters. The summed E-state index contributed by atoms with van der Waals surface area (Å²) in [7, 11) is -2.93. The maximum atomic E-state index is 6.77. The SMILES string of the molecule is CC[C@H]1OCCC1O[P@@]1O[C@H](C[Si](C)(c2ccccc2)c2ccccc2)[C@@H]2CCCN21. The van der Waals surface area contributed by atoms with Gasteiger partial charge in [0, 0.05) is 19.2 Å². The molecule has 0 saturated carbocycles. The summed E-state index contributed by atoms with van der Waals surface area (Å²) in [5.41, 5.74) is 0. The fraction of sp³-hybridized carbons (Fsp3) is 0.520. The van der Waals surface area contributed by atoms with E-state index in [1.807, 2.05) is 0 Å². The number of hydrogen-bond acceptors (Lipinski definition) is 4. The van der Waals surface area contributed by atoms with Crippen molar-refractivity contribution in [3.05, 3.63) is 60.7 Å². The smallest absolute Gasteiger partial charge is 0.259 e. The summed E-state index contributed by atoms with van der Waals surface area (Å²) >= 11 is 0. The fourth-order valence-corrected chi connectivity index (χ4v) is 11.5. The second-order valence-corrected chi connectivity index (χ2v) is 14.9. The predicted molar refractivity (Wildman–Crippen MR) is 130 cm³/mol. The zero-order valence-electron chi connectivity index (χ0n) is 18.7. The molecule has 166 valence electrons. The van der Waals surface area contributed by atoms with Crippen LogP contribution in [0.4, 0.5) is 0 Å². The standard InChI is InChI=1S/C25H34NO3PSi/c1-3-23-24(16-18-27-23)28-30-26-17-10-15-22(26)25(29-30)19-31(2,20-11-6-4-7-12-20)21-13-8-5-9-14-21/h4-9,11-14,22-25H,3,10,15-19H2,1-2H3/t22-,23+,24?,25+,30-/m0/s1. The number of hydrogen-bond donors (Lipinski definition) is 0. The Morgan fingerprint density at radius 3 is 2.32 bits per heavy atom. The van der Waals surface area contributed by atoms with E-state index >= 15 is 0 Å². The van der Waals surface area contributed by atoms with Crippen molar-refractivity contribution in [1.29, 1.82) is 0 Å². The van der Waals surface area contributed by atoms with E-state index in [9.17, 15) is 0 Å². The number of rotatable bonds is 7. The molecule has 3 fully saturated rings. The van der Waals surface area contributed by atoms with Crippen molar-refractivity contribution in [3.63, 3.8) is 0 Å². The maximum Gasteiger partial charge on any atom is 0.259 e. The number of ether oxygens (including phenoxy) is 1. The van der Waals surface area contributed by atoms with Crippen molar-refractivity contribution < 1.29 is 13.8 Å². The van der Waals surface area contributed by atoms with Gasteiger partial charge >= 0.3 is 0 Å². The van der Waals surface area contributed by atoms with Gasteiger partial charge in [-0.1, -0.05) is 84.5 Å². The van der Waals surface area contributed by atoms with E-state index < -0.39 is 16.6 Å². The van der Waals surface area contributed by atoms with E-state index in [2.05, 4.69) is 78.8 Å². The first kappa shape index (κ1) is 21.8. The Morgan fingerprint density at radius 1 is 1.00 bits per heavy atom. The third-order valence-corrected chi connectivity index (χ3v) is 13.6. The van der Waals surface area contributed by atoms with Crippen molar-refractivity contribution >= 4 is 27.0 Å². The zero-order chi connectivity index (χ0) is 21.3. The maximum absolute atomic E-state index is 6.77. The molecule has 0 aromatic heterocycles. The van der Waals surface area contributed by atoms with E-state index in [-0.39, 0.29) is 18.3 Å². The molecule has 0 amide bonds. The molecular formula is C25H34NO3PSi. The van der Waals surface area contributed by atoms with Crippen molar-refractivity contribution in [2.75, 3.05) is 13.2 Å². The van der Waals surface area contributed by atoms with E-state index in [1.54, 1.807) is 0 Å². The number of benzene rings is 2. The second-order valence-electron chi connectivity index (χ2n) is 9.27. The highest BCUT2D eigenvalue weighted by atomic mass is 31.2. The minimum Gasteiger partial charge on any atom is -0.375 e. The molecule has 3 aliphatic heterocycles. The second kappa shape index (κ2) is 9.42. The van der Waals surface area contributed by atoms with Gasteiger partial charge in [-0.15, -0.1) is 0 Å². The Morgan fingerprint density at radius 2 is 1.68 bits per heavy atom. The van der Waals surface area contributed by atoms with E-state index in [0.717, 1.165) is 32.0 Å². The molecular weight excluding hydrogens is 421 g/mol. The van der Waals surface area contributed by atoms with Crippen LogP contribution < -0.4 is 10.4 Å². The average molecular weight is 456 g/mol. The molecule has 0 radical (unpaired) electrons. The summed E-state index contributed by atoms with van der Waals surface area (Å²) in [4.78, 5) is 0. The Balaban J connectivity index is 1.39. The molecule has 1 unspecified atom stereocenters. The highest BCUT2D eigenvalue weighted by molar-refractivity contribution is 7.45. The highest BCUT2D eigenvalue weighted by Gasteiger charge is 2.51. The summed E-state index contributed by atoms with van der Waals surface area (Å²) in [5.74, 6) is 0. The normalized spacial score (nSPS) is 31.2. The minimum atomic E-state index is -1.94. The van der Waals surface area contributed by atoms with Crippen molar-refractivity contribution in [1.82, 2.24) is 4.67 Å². The van der Waals surface area contributed by atoms with Crippen LogP contribution in [0.5, 0.6) is 0 Å². The first-order valence-corrected chi connectivity index (χ1v) is 15.7. The number of fused-ring (bicyclic) bond motifs is 1. The molecule has 0 bridgehead atoms. The third kappa shape index (κ3) is 4.29. The van der Waals surface area contributed by atoms with E-state index in [4.69, 9.17) is 13.8 Å². The van der Waals surface area contributed by atoms with Crippen molar-refractivity contribution in [3.8, 4) is 0 Å². The van der Waals surface area contributed by atoms with E-state index in [0.29, 0.717) is 6.04 Å². The van der Waals surface area contributed by atoms with Gasteiger partial charge in [-0.2, -0.15) is 0 Å². The molecule has 2 aromatic rings. The molecule has 0 N–H and O–H groups in total. The Bertz CT molecular complexity index is 815. The summed E-state index contributed by atoms with van der Waals surface area (Å²) in [6, 6.07) is 23.8. The minimum absolute atomic E-state index is 0.183. The first-order valence-electron chi connectivity index (χ1n) is 11.8. The summed E-state index contributed by atoms with van der Waals surface area (Å²) in [6.07, 6.45) is 5.12. The van der Waals surface area contributed by atoms with E-state index in [1.165, 1.54) is 23.2 Å². The molecule has 5 rings (SSSR count). The average Bonchev–Trinajstić information content (AvgIpc) is 3.54. The van der Waals surface area contributed by atoms with Gasteiger partial charge in [0.05, 0.1) is 18.3 Å². The molecule has 0 spiro atoms. The Kier molecular flexibility index (Phi) is 6.61. The van der Waals surface area contributed by atoms with Crippen LogP contribution >= 0.6 is 8.53 Å². The Hall–Kier alpha value is -1.07. The Labute approximate surface area is 188 Å². The molecule has 3 heterocycles. The summed E-state index contributed by atoms with van der Waals surface area (Å²) in [5, 5.41) is 2.98. The molecule has 2 aromatic carbocycles. The lowest BCUT2D eigenvalue weighted by Crippen LogP contribution is -2.58. The van der Waals surface area contributed by atoms with Crippen molar-refractivity contribution in [2.45, 2.75) is 69.6 Å². The van der Waals surface area contributed by atoms with Crippen LogP contribution in [0.1, 0.15) is 32.6 Å². The fourth-order valence-electron chi connectivity index (χ4n) is 5.53. The monoisotopic (exact) mass is 455 g/mol. The van der Waals surface area contributed by atoms with Gasteiger partial charge in [-0.05, 0) is 31.7 Å². The lowest BCUT2D eigenvalue weighted by atomic mass is 10.1. The third-order valence-electron chi connectivity index (χ3n) is 7.34. The van der Waals surface area contributed by atoms with Gasteiger partial charge in [0.1, 0.15) is 8.07 Å². The lowest BCUT2D eigenvalue weighted by molar-refractivity contribution is 0.0472. The topological polar surface area (TPSA) is 30.9 Å². The van der Waals surface area contributed by atoms with Gasteiger partial charge in [-0.25, -0.2) is 4.67 Å². The quantitative estimate of drug-likeness (QED) is 0.453. The summed E-state index contributed by atoms with van der Waals surface area (Å²) in [6.45, 7) is 6.62. The largest absolute Gasteiger partial charge is 0.375 e. The predicted octanol–water partition coefficient (Wildman–Crippen LogP) is 4.55. The van der Waals surface area contributed by atoms with Crippen LogP contribution in [0.2, 0.25) is 12.6 Å². The molecule has 0 aliphatic carbocycles. The molecule has 3 aliphatic rings. The lowest BCUT2D eigenvalue weighted by Gasteiger charge is -2.32.